The lowest BCUT2D eigenvalue weighted by atomic mass is 10.0. The summed E-state index contributed by atoms with van der Waals surface area (Å²) in [7, 11) is 3.66. The number of methoxy groups -OCH3 is 1. The van der Waals surface area contributed by atoms with Crippen LogP contribution in [-0.2, 0) is 19.9 Å². The van der Waals surface area contributed by atoms with E-state index < -0.39 is 0 Å². The Morgan fingerprint density at radius 1 is 1.38 bits per heavy atom. The SMILES string of the molecule is CCc1cc(CC(NN)c2ccc(C)c(OC)c2)n(C)n1. The van der Waals surface area contributed by atoms with Gasteiger partial charge in [0.25, 0.3) is 0 Å². The van der Waals surface area contributed by atoms with Gasteiger partial charge in [-0.3, -0.25) is 16.0 Å². The number of hydrogen-bond donors (Lipinski definition) is 2. The zero-order valence-electron chi connectivity index (χ0n) is 13.2. The molecule has 0 spiro atoms. The number of benzene rings is 1. The Kier molecular flexibility index (Phi) is 4.98. The quantitative estimate of drug-likeness (QED) is 0.631. The Morgan fingerprint density at radius 2 is 2.14 bits per heavy atom. The number of nitrogens with two attached hydrogens (primary N) is 1. The van der Waals surface area contributed by atoms with Crippen LogP contribution in [0.3, 0.4) is 0 Å². The fourth-order valence-corrected chi connectivity index (χ4v) is 2.47. The third kappa shape index (κ3) is 3.43. The lowest BCUT2D eigenvalue weighted by Crippen LogP contribution is -2.30. The molecule has 0 bridgehead atoms. The molecular weight excluding hydrogens is 264 g/mol. The summed E-state index contributed by atoms with van der Waals surface area (Å²) in [6.45, 7) is 4.14. The fraction of sp³-hybridized carbons (Fsp3) is 0.438. The predicted octanol–water partition coefficient (Wildman–Crippen LogP) is 2.05. The van der Waals surface area contributed by atoms with Crippen LogP contribution in [0.25, 0.3) is 0 Å². The standard InChI is InChI=1S/C16H24N4O/c1-5-13-9-14(20(3)19-13)10-15(18-17)12-7-6-11(2)16(8-12)21-4/h6-9,15,18H,5,10,17H2,1-4H3. The van der Waals surface area contributed by atoms with Crippen molar-refractivity contribution in [3.63, 3.8) is 0 Å². The summed E-state index contributed by atoms with van der Waals surface area (Å²) in [4.78, 5) is 0. The van der Waals surface area contributed by atoms with Crippen LogP contribution in [0.5, 0.6) is 5.75 Å². The van der Waals surface area contributed by atoms with Gasteiger partial charge < -0.3 is 4.74 Å². The van der Waals surface area contributed by atoms with E-state index in [0.717, 1.165) is 41.1 Å². The summed E-state index contributed by atoms with van der Waals surface area (Å²) in [6.07, 6.45) is 1.72. The first-order valence-electron chi connectivity index (χ1n) is 7.21. The summed E-state index contributed by atoms with van der Waals surface area (Å²) in [6, 6.07) is 8.34. The first-order chi connectivity index (χ1) is 10.1. The molecule has 2 rings (SSSR count). The van der Waals surface area contributed by atoms with E-state index in [9.17, 15) is 0 Å². The summed E-state index contributed by atoms with van der Waals surface area (Å²) >= 11 is 0. The number of aromatic nitrogens is 2. The molecule has 5 nitrogen and oxygen atoms in total. The van der Waals surface area contributed by atoms with E-state index in [1.807, 2.05) is 24.7 Å². The third-order valence-corrected chi connectivity index (χ3v) is 3.84. The van der Waals surface area contributed by atoms with Crippen LogP contribution in [0.1, 0.15) is 35.5 Å². The van der Waals surface area contributed by atoms with Gasteiger partial charge in [0.05, 0.1) is 18.8 Å². The number of aryl methyl sites for hydroxylation is 3. The van der Waals surface area contributed by atoms with Gasteiger partial charge in [-0.2, -0.15) is 5.10 Å². The van der Waals surface area contributed by atoms with Gasteiger partial charge in [0.1, 0.15) is 5.75 Å². The van der Waals surface area contributed by atoms with Crippen molar-refractivity contribution in [2.24, 2.45) is 12.9 Å². The molecule has 2 aromatic rings. The van der Waals surface area contributed by atoms with Crippen molar-refractivity contribution in [3.05, 3.63) is 46.8 Å². The Labute approximate surface area is 126 Å². The smallest absolute Gasteiger partial charge is 0.122 e. The van der Waals surface area contributed by atoms with Gasteiger partial charge in [-0.25, -0.2) is 0 Å². The molecule has 1 unspecified atom stereocenters. The molecule has 0 aliphatic rings. The molecule has 0 fully saturated rings. The molecule has 0 radical (unpaired) electrons. The molecule has 1 aromatic carbocycles. The van der Waals surface area contributed by atoms with Crippen LogP contribution in [0.15, 0.2) is 24.3 Å². The molecule has 1 aromatic heterocycles. The maximum atomic E-state index is 5.75. The highest BCUT2D eigenvalue weighted by molar-refractivity contribution is 5.38. The highest BCUT2D eigenvalue weighted by Crippen LogP contribution is 2.25. The predicted molar refractivity (Wildman–Crippen MR) is 84.1 cm³/mol. The summed E-state index contributed by atoms with van der Waals surface area (Å²) in [5, 5.41) is 4.48. The maximum Gasteiger partial charge on any atom is 0.122 e. The van der Waals surface area contributed by atoms with Gasteiger partial charge in [-0.05, 0) is 36.6 Å². The Morgan fingerprint density at radius 3 is 2.71 bits per heavy atom. The number of hydrazine groups is 1. The lowest BCUT2D eigenvalue weighted by molar-refractivity contribution is 0.409. The highest BCUT2D eigenvalue weighted by Gasteiger charge is 2.15. The number of nitrogens with zero attached hydrogens (tertiary/aromatic N) is 2. The van der Waals surface area contributed by atoms with E-state index in [2.05, 4.69) is 35.6 Å². The summed E-state index contributed by atoms with van der Waals surface area (Å²) in [5.41, 5.74) is 7.39. The van der Waals surface area contributed by atoms with Crippen molar-refractivity contribution in [1.29, 1.82) is 0 Å². The van der Waals surface area contributed by atoms with E-state index in [-0.39, 0.29) is 6.04 Å². The molecule has 21 heavy (non-hydrogen) atoms. The topological polar surface area (TPSA) is 65.1 Å². The molecule has 1 heterocycles. The van der Waals surface area contributed by atoms with E-state index in [1.165, 1.54) is 0 Å². The lowest BCUT2D eigenvalue weighted by Gasteiger charge is -2.18. The second-order valence-electron chi connectivity index (χ2n) is 5.26. The molecule has 3 N–H and O–H groups in total. The number of nitrogens with one attached hydrogen (secondary N) is 1. The van der Waals surface area contributed by atoms with E-state index in [1.54, 1.807) is 7.11 Å². The molecule has 0 aliphatic carbocycles. The van der Waals surface area contributed by atoms with Gasteiger partial charge in [-0.1, -0.05) is 19.1 Å². The van der Waals surface area contributed by atoms with Crippen molar-refractivity contribution in [1.82, 2.24) is 15.2 Å². The number of ether oxygens (including phenoxy) is 1. The van der Waals surface area contributed by atoms with E-state index >= 15 is 0 Å². The second kappa shape index (κ2) is 6.74. The van der Waals surface area contributed by atoms with E-state index in [0.29, 0.717) is 0 Å². The fourth-order valence-electron chi connectivity index (χ4n) is 2.47. The van der Waals surface area contributed by atoms with Crippen molar-refractivity contribution < 1.29 is 4.74 Å². The van der Waals surface area contributed by atoms with Crippen molar-refractivity contribution in [2.75, 3.05) is 7.11 Å². The first-order valence-corrected chi connectivity index (χ1v) is 7.21. The molecular formula is C16H24N4O. The van der Waals surface area contributed by atoms with Crippen LogP contribution < -0.4 is 16.0 Å². The van der Waals surface area contributed by atoms with Crippen LogP contribution in [0, 0.1) is 6.92 Å². The third-order valence-electron chi connectivity index (χ3n) is 3.84. The van der Waals surface area contributed by atoms with Crippen molar-refractivity contribution >= 4 is 0 Å². The Bertz CT molecular complexity index is 606. The average Bonchev–Trinajstić information content (AvgIpc) is 2.85. The normalized spacial score (nSPS) is 12.4. The van der Waals surface area contributed by atoms with E-state index in [4.69, 9.17) is 10.6 Å². The van der Waals surface area contributed by atoms with Crippen molar-refractivity contribution in [3.8, 4) is 5.75 Å². The van der Waals surface area contributed by atoms with Gasteiger partial charge in [0, 0.05) is 19.2 Å². The van der Waals surface area contributed by atoms with Crippen LogP contribution >= 0.6 is 0 Å². The highest BCUT2D eigenvalue weighted by atomic mass is 16.5. The van der Waals surface area contributed by atoms with Crippen LogP contribution in [0.4, 0.5) is 0 Å². The monoisotopic (exact) mass is 288 g/mol. The Hall–Kier alpha value is -1.85. The maximum absolute atomic E-state index is 5.75. The zero-order chi connectivity index (χ0) is 15.4. The van der Waals surface area contributed by atoms with Gasteiger partial charge >= 0.3 is 0 Å². The second-order valence-corrected chi connectivity index (χ2v) is 5.26. The summed E-state index contributed by atoms with van der Waals surface area (Å²) < 4.78 is 7.31. The minimum atomic E-state index is 0.0274. The number of rotatable bonds is 6. The first kappa shape index (κ1) is 15.5. The average molecular weight is 288 g/mol. The van der Waals surface area contributed by atoms with Gasteiger partial charge in [0.15, 0.2) is 0 Å². The molecule has 0 saturated heterocycles. The summed E-state index contributed by atoms with van der Waals surface area (Å²) in [5.74, 6) is 6.63. The molecule has 0 aliphatic heterocycles. The minimum absolute atomic E-state index is 0.0274. The van der Waals surface area contributed by atoms with Crippen molar-refractivity contribution in [2.45, 2.75) is 32.7 Å². The molecule has 0 amide bonds. The number of hydrogen-bond acceptors (Lipinski definition) is 4. The van der Waals surface area contributed by atoms with Gasteiger partial charge in [-0.15, -0.1) is 0 Å². The molecule has 1 atom stereocenters. The molecule has 0 saturated carbocycles. The molecule has 5 heteroatoms. The Balaban J connectivity index is 2.25. The largest absolute Gasteiger partial charge is 0.496 e. The van der Waals surface area contributed by atoms with Crippen LogP contribution in [-0.4, -0.2) is 16.9 Å². The van der Waals surface area contributed by atoms with Gasteiger partial charge in [0.2, 0.25) is 0 Å². The molecule has 114 valence electrons. The zero-order valence-corrected chi connectivity index (χ0v) is 13.2. The van der Waals surface area contributed by atoms with Crippen LogP contribution in [0.2, 0.25) is 0 Å². The minimum Gasteiger partial charge on any atom is -0.496 e.